The summed E-state index contributed by atoms with van der Waals surface area (Å²) in [5, 5.41) is 10.9. The van der Waals surface area contributed by atoms with Gasteiger partial charge in [0, 0.05) is 13.1 Å². The Morgan fingerprint density at radius 1 is 1.50 bits per heavy atom. The molecule has 0 amide bonds. The fraction of sp³-hybridized carbons (Fsp3) is 0.714. The van der Waals surface area contributed by atoms with Crippen molar-refractivity contribution in [3.8, 4) is 0 Å². The first-order chi connectivity index (χ1) is 5.70. The van der Waals surface area contributed by atoms with Crippen LogP contribution in [0, 0.1) is 0 Å². The normalized spacial score (nSPS) is 10.8. The molecule has 0 aliphatic heterocycles. The average molecular weight is 169 g/mol. The number of rotatable bonds is 3. The van der Waals surface area contributed by atoms with Gasteiger partial charge in [-0.15, -0.1) is 10.2 Å². The second-order valence-electron chi connectivity index (χ2n) is 2.86. The Bertz CT molecular complexity index is 231. The predicted molar refractivity (Wildman–Crippen MR) is 47.8 cm³/mol. The molecule has 0 aliphatic rings. The van der Waals surface area contributed by atoms with Gasteiger partial charge in [-0.2, -0.15) is 0 Å². The largest absolute Gasteiger partial charge is 0.357 e. The van der Waals surface area contributed by atoms with E-state index >= 15 is 0 Å². The van der Waals surface area contributed by atoms with Crippen molar-refractivity contribution >= 4 is 5.95 Å². The molecular formula is C7H15N5. The molecule has 68 valence electrons. The summed E-state index contributed by atoms with van der Waals surface area (Å²) in [6, 6.07) is 0.334. The van der Waals surface area contributed by atoms with Crippen LogP contribution in [0.15, 0.2) is 0 Å². The number of hydrogen-bond donors (Lipinski definition) is 2. The van der Waals surface area contributed by atoms with Crippen LogP contribution in [0.5, 0.6) is 0 Å². The van der Waals surface area contributed by atoms with Gasteiger partial charge in [-0.25, -0.2) is 0 Å². The van der Waals surface area contributed by atoms with Gasteiger partial charge < -0.3 is 11.1 Å². The quantitative estimate of drug-likeness (QED) is 0.685. The third-order valence-electron chi connectivity index (χ3n) is 1.69. The fourth-order valence-electron chi connectivity index (χ4n) is 1.18. The van der Waals surface area contributed by atoms with E-state index in [1.54, 1.807) is 0 Å². The molecule has 0 fully saturated rings. The van der Waals surface area contributed by atoms with Crippen LogP contribution in [0.25, 0.3) is 0 Å². The monoisotopic (exact) mass is 169 g/mol. The highest BCUT2D eigenvalue weighted by molar-refractivity contribution is 5.25. The summed E-state index contributed by atoms with van der Waals surface area (Å²) in [7, 11) is 1.82. The Labute approximate surface area is 72.0 Å². The molecule has 0 bridgehead atoms. The summed E-state index contributed by atoms with van der Waals surface area (Å²) in [6.45, 7) is 4.57. The van der Waals surface area contributed by atoms with E-state index in [9.17, 15) is 0 Å². The maximum atomic E-state index is 5.51. The highest BCUT2D eigenvalue weighted by Gasteiger charge is 2.11. The lowest BCUT2D eigenvalue weighted by molar-refractivity contribution is 0.574. The summed E-state index contributed by atoms with van der Waals surface area (Å²) < 4.78 is 1.99. The summed E-state index contributed by atoms with van der Waals surface area (Å²) in [5.74, 6) is 1.58. The Morgan fingerprint density at radius 3 is 2.58 bits per heavy atom. The molecule has 1 rings (SSSR count). The Kier molecular flexibility index (Phi) is 2.65. The molecule has 1 aromatic rings. The van der Waals surface area contributed by atoms with E-state index in [1.807, 2.05) is 11.6 Å². The summed E-state index contributed by atoms with van der Waals surface area (Å²) in [4.78, 5) is 0. The first kappa shape index (κ1) is 8.99. The Hall–Kier alpha value is -1.10. The van der Waals surface area contributed by atoms with Crippen LogP contribution in [-0.4, -0.2) is 21.8 Å². The average Bonchev–Trinajstić information content (AvgIpc) is 2.46. The lowest BCUT2D eigenvalue weighted by atomic mass is 10.4. The summed E-state index contributed by atoms with van der Waals surface area (Å²) in [6.07, 6.45) is 0. The maximum Gasteiger partial charge on any atom is 0.224 e. The molecule has 0 spiro atoms. The van der Waals surface area contributed by atoms with Crippen molar-refractivity contribution in [3.05, 3.63) is 5.82 Å². The van der Waals surface area contributed by atoms with E-state index < -0.39 is 0 Å². The molecular weight excluding hydrogens is 154 g/mol. The zero-order valence-corrected chi connectivity index (χ0v) is 7.70. The van der Waals surface area contributed by atoms with Gasteiger partial charge in [-0.05, 0) is 13.8 Å². The number of aromatic nitrogens is 3. The predicted octanol–water partition coefficient (Wildman–Crippen LogP) is 0.359. The molecule has 0 atom stereocenters. The van der Waals surface area contributed by atoms with E-state index in [1.165, 1.54) is 0 Å². The lowest BCUT2D eigenvalue weighted by Crippen LogP contribution is -2.12. The van der Waals surface area contributed by atoms with Crippen molar-refractivity contribution in [2.24, 2.45) is 5.73 Å². The number of nitrogens with one attached hydrogen (secondary N) is 1. The van der Waals surface area contributed by atoms with E-state index in [2.05, 4.69) is 29.4 Å². The van der Waals surface area contributed by atoms with E-state index in [4.69, 9.17) is 5.73 Å². The molecule has 0 unspecified atom stereocenters. The minimum Gasteiger partial charge on any atom is -0.357 e. The zero-order valence-electron chi connectivity index (χ0n) is 7.70. The molecule has 0 aliphatic carbocycles. The molecule has 0 saturated heterocycles. The van der Waals surface area contributed by atoms with E-state index in [-0.39, 0.29) is 0 Å². The minimum absolute atomic E-state index is 0.334. The van der Waals surface area contributed by atoms with Gasteiger partial charge in [0.15, 0.2) is 0 Å². The van der Waals surface area contributed by atoms with Crippen molar-refractivity contribution in [2.75, 3.05) is 12.4 Å². The second kappa shape index (κ2) is 3.53. The third kappa shape index (κ3) is 1.40. The van der Waals surface area contributed by atoms with Crippen LogP contribution in [0.1, 0.15) is 25.7 Å². The molecule has 1 heterocycles. The molecule has 0 saturated carbocycles. The lowest BCUT2D eigenvalue weighted by Gasteiger charge is -2.11. The van der Waals surface area contributed by atoms with Crippen molar-refractivity contribution < 1.29 is 0 Å². The van der Waals surface area contributed by atoms with Gasteiger partial charge in [0.1, 0.15) is 5.82 Å². The molecule has 0 radical (unpaired) electrons. The van der Waals surface area contributed by atoms with Crippen LogP contribution in [0.2, 0.25) is 0 Å². The van der Waals surface area contributed by atoms with E-state index in [0.717, 1.165) is 11.8 Å². The van der Waals surface area contributed by atoms with E-state index in [0.29, 0.717) is 12.6 Å². The number of nitrogens with zero attached hydrogens (tertiary/aromatic N) is 3. The van der Waals surface area contributed by atoms with Gasteiger partial charge in [0.25, 0.3) is 0 Å². The number of hydrogen-bond acceptors (Lipinski definition) is 4. The van der Waals surface area contributed by atoms with Crippen molar-refractivity contribution in [1.82, 2.24) is 14.8 Å². The second-order valence-corrected chi connectivity index (χ2v) is 2.86. The van der Waals surface area contributed by atoms with Crippen molar-refractivity contribution in [1.29, 1.82) is 0 Å². The van der Waals surface area contributed by atoms with Gasteiger partial charge in [0.2, 0.25) is 5.95 Å². The van der Waals surface area contributed by atoms with Gasteiger partial charge in [-0.3, -0.25) is 4.57 Å². The van der Waals surface area contributed by atoms with Gasteiger partial charge in [-0.1, -0.05) is 0 Å². The third-order valence-corrected chi connectivity index (χ3v) is 1.69. The standard InChI is InChI=1S/C7H15N5/c1-5(2)12-6(4-8)10-11-7(12)9-3/h5H,4,8H2,1-3H3,(H,9,11). The number of anilines is 1. The molecule has 5 heteroatoms. The topological polar surface area (TPSA) is 68.8 Å². The molecule has 5 nitrogen and oxygen atoms in total. The maximum absolute atomic E-state index is 5.51. The van der Waals surface area contributed by atoms with Crippen LogP contribution < -0.4 is 11.1 Å². The Balaban J connectivity index is 3.07. The van der Waals surface area contributed by atoms with Crippen molar-refractivity contribution in [3.63, 3.8) is 0 Å². The smallest absolute Gasteiger partial charge is 0.224 e. The zero-order chi connectivity index (χ0) is 9.14. The van der Waals surface area contributed by atoms with Gasteiger partial charge in [0.05, 0.1) is 6.54 Å². The molecule has 12 heavy (non-hydrogen) atoms. The van der Waals surface area contributed by atoms with Crippen LogP contribution in [0.4, 0.5) is 5.95 Å². The van der Waals surface area contributed by atoms with Crippen LogP contribution in [0.3, 0.4) is 0 Å². The first-order valence-electron chi connectivity index (χ1n) is 4.02. The minimum atomic E-state index is 0.334. The molecule has 3 N–H and O–H groups in total. The van der Waals surface area contributed by atoms with Crippen molar-refractivity contribution in [2.45, 2.75) is 26.4 Å². The molecule has 1 aromatic heterocycles. The van der Waals surface area contributed by atoms with Crippen LogP contribution in [-0.2, 0) is 6.54 Å². The first-order valence-corrected chi connectivity index (χ1v) is 4.02. The summed E-state index contributed by atoms with van der Waals surface area (Å²) in [5.41, 5.74) is 5.51. The Morgan fingerprint density at radius 2 is 2.17 bits per heavy atom. The van der Waals surface area contributed by atoms with Crippen LogP contribution >= 0.6 is 0 Å². The fourth-order valence-corrected chi connectivity index (χ4v) is 1.18. The highest BCUT2D eigenvalue weighted by Crippen LogP contribution is 2.14. The highest BCUT2D eigenvalue weighted by atomic mass is 15.4. The summed E-state index contributed by atoms with van der Waals surface area (Å²) >= 11 is 0. The van der Waals surface area contributed by atoms with Gasteiger partial charge >= 0.3 is 0 Å². The number of nitrogens with two attached hydrogens (primary N) is 1. The molecule has 0 aromatic carbocycles. The SMILES string of the molecule is CNc1nnc(CN)n1C(C)C.